The topological polar surface area (TPSA) is 38.8 Å². The lowest BCUT2D eigenvalue weighted by atomic mass is 10.2. The Morgan fingerprint density at radius 1 is 1.19 bits per heavy atom. The second-order valence-corrected chi connectivity index (χ2v) is 6.55. The van der Waals surface area contributed by atoms with Crippen LogP contribution in [0.15, 0.2) is 0 Å². The molecule has 0 aliphatic carbocycles. The van der Waals surface area contributed by atoms with Crippen LogP contribution in [0.4, 0.5) is 0 Å². The van der Waals surface area contributed by atoms with Crippen molar-refractivity contribution in [3.63, 3.8) is 0 Å². The number of halogens is 2. The van der Waals surface area contributed by atoms with Gasteiger partial charge in [0.1, 0.15) is 0 Å². The Morgan fingerprint density at radius 3 is 2.00 bits per heavy atom. The summed E-state index contributed by atoms with van der Waals surface area (Å²) in [5.74, 6) is 0.743. The Labute approximate surface area is 107 Å². The molecule has 0 aromatic carbocycles. The van der Waals surface area contributed by atoms with Gasteiger partial charge in [0.2, 0.25) is 0 Å². The molecule has 0 aromatic heterocycles. The van der Waals surface area contributed by atoms with E-state index in [-0.39, 0.29) is 12.2 Å². The molecule has 0 N–H and O–H groups in total. The van der Waals surface area contributed by atoms with Crippen molar-refractivity contribution in [2.24, 2.45) is 0 Å². The Balaban J connectivity index is 2.74. The van der Waals surface area contributed by atoms with Gasteiger partial charge in [-0.05, 0) is 13.8 Å². The maximum atomic E-state index is 12.5. The first-order chi connectivity index (χ1) is 7.51. The van der Waals surface area contributed by atoms with Gasteiger partial charge in [-0.25, -0.2) is 9.24 Å². The van der Waals surface area contributed by atoms with E-state index in [1.807, 2.05) is 13.8 Å². The molecule has 0 bridgehead atoms. The van der Waals surface area contributed by atoms with Crippen molar-refractivity contribution in [3.05, 3.63) is 0 Å². The van der Waals surface area contributed by atoms with Crippen LogP contribution in [0, 0.1) is 0 Å². The second kappa shape index (κ2) is 6.58. The molecule has 0 spiro atoms. The van der Waals surface area contributed by atoms with Crippen LogP contribution in [0.25, 0.3) is 0 Å². The third-order valence-electron chi connectivity index (χ3n) is 2.32. The molecule has 0 radical (unpaired) electrons. The van der Waals surface area contributed by atoms with Crippen molar-refractivity contribution in [1.29, 1.82) is 0 Å². The molecule has 0 aromatic rings. The highest BCUT2D eigenvalue weighted by atomic mass is 35.5. The van der Waals surface area contributed by atoms with Gasteiger partial charge in [-0.15, -0.1) is 23.2 Å². The van der Waals surface area contributed by atoms with Crippen LogP contribution in [0.1, 0.15) is 20.3 Å². The summed E-state index contributed by atoms with van der Waals surface area (Å²) in [5, 5.41) is 0. The van der Waals surface area contributed by atoms with E-state index in [0.29, 0.717) is 24.8 Å². The molecule has 96 valence electrons. The number of alkyl halides is 2. The number of hydrogen-bond donors (Lipinski definition) is 0. The second-order valence-electron chi connectivity index (χ2n) is 3.87. The Kier molecular flexibility index (Phi) is 6.06. The fraction of sp³-hybridized carbons (Fsp3) is 1.00. The fourth-order valence-electron chi connectivity index (χ4n) is 1.72. The summed E-state index contributed by atoms with van der Waals surface area (Å²) in [5.41, 5.74) is 0. The smallest absolute Gasteiger partial charge is 0.293 e. The summed E-state index contributed by atoms with van der Waals surface area (Å²) in [6.45, 7) is 4.69. The molecule has 0 unspecified atom stereocenters. The van der Waals surface area contributed by atoms with Crippen molar-refractivity contribution in [3.8, 4) is 0 Å². The van der Waals surface area contributed by atoms with E-state index >= 15 is 0 Å². The molecule has 0 saturated carbocycles. The molecule has 7 heteroatoms. The SMILES string of the molecule is C[C@H]1C[C@H](C)OP(=O)(N(CCCl)CCCl)O1. The molecular formula is C9H18Cl2NO3P. The lowest BCUT2D eigenvalue weighted by Crippen LogP contribution is -2.34. The number of rotatable bonds is 5. The van der Waals surface area contributed by atoms with Crippen LogP contribution in [0.5, 0.6) is 0 Å². The lowest BCUT2D eigenvalue weighted by Gasteiger charge is -2.37. The average molecular weight is 290 g/mol. The van der Waals surface area contributed by atoms with Crippen LogP contribution in [-0.2, 0) is 13.6 Å². The van der Waals surface area contributed by atoms with Gasteiger partial charge in [-0.1, -0.05) is 0 Å². The predicted octanol–water partition coefficient (Wildman–Crippen LogP) is 3.09. The minimum absolute atomic E-state index is 0.0669. The zero-order valence-electron chi connectivity index (χ0n) is 9.57. The maximum Gasteiger partial charge on any atom is 0.408 e. The molecule has 1 heterocycles. The summed E-state index contributed by atoms with van der Waals surface area (Å²) in [6, 6.07) is 0. The molecular weight excluding hydrogens is 272 g/mol. The first-order valence-corrected chi connectivity index (χ1v) is 7.92. The monoisotopic (exact) mass is 289 g/mol. The molecule has 16 heavy (non-hydrogen) atoms. The molecule has 2 atom stereocenters. The van der Waals surface area contributed by atoms with Crippen molar-refractivity contribution in [2.45, 2.75) is 32.5 Å². The summed E-state index contributed by atoms with van der Waals surface area (Å²) in [6.07, 6.45) is 0.616. The van der Waals surface area contributed by atoms with E-state index < -0.39 is 7.75 Å². The van der Waals surface area contributed by atoms with Gasteiger partial charge in [-0.3, -0.25) is 9.05 Å². The van der Waals surface area contributed by atoms with Gasteiger partial charge < -0.3 is 0 Å². The van der Waals surface area contributed by atoms with Gasteiger partial charge in [0.15, 0.2) is 0 Å². The van der Waals surface area contributed by atoms with Crippen molar-refractivity contribution >= 4 is 30.9 Å². The zero-order valence-corrected chi connectivity index (χ0v) is 12.0. The minimum Gasteiger partial charge on any atom is -0.293 e. The Morgan fingerprint density at radius 2 is 1.62 bits per heavy atom. The summed E-state index contributed by atoms with van der Waals surface area (Å²) >= 11 is 11.3. The summed E-state index contributed by atoms with van der Waals surface area (Å²) < 4.78 is 25.0. The van der Waals surface area contributed by atoms with Crippen LogP contribution >= 0.6 is 30.9 Å². The van der Waals surface area contributed by atoms with Gasteiger partial charge >= 0.3 is 7.75 Å². The normalized spacial score (nSPS) is 35.6. The summed E-state index contributed by atoms with van der Waals surface area (Å²) in [4.78, 5) is 0. The van der Waals surface area contributed by atoms with Crippen LogP contribution in [0.2, 0.25) is 0 Å². The van der Waals surface area contributed by atoms with E-state index in [2.05, 4.69) is 0 Å². The highest BCUT2D eigenvalue weighted by Crippen LogP contribution is 2.57. The van der Waals surface area contributed by atoms with Gasteiger partial charge in [0, 0.05) is 31.3 Å². The van der Waals surface area contributed by atoms with Gasteiger partial charge in [0.05, 0.1) is 12.2 Å². The van der Waals surface area contributed by atoms with E-state index in [1.54, 1.807) is 4.67 Å². The lowest BCUT2D eigenvalue weighted by molar-refractivity contribution is 0.0262. The van der Waals surface area contributed by atoms with Gasteiger partial charge in [0.25, 0.3) is 0 Å². The van der Waals surface area contributed by atoms with E-state index in [4.69, 9.17) is 32.2 Å². The van der Waals surface area contributed by atoms with E-state index in [9.17, 15) is 4.57 Å². The van der Waals surface area contributed by atoms with Crippen molar-refractivity contribution < 1.29 is 13.6 Å². The molecule has 1 rings (SSSR count). The van der Waals surface area contributed by atoms with Crippen molar-refractivity contribution in [2.75, 3.05) is 24.8 Å². The average Bonchev–Trinajstić information content (AvgIpc) is 2.15. The first kappa shape index (κ1) is 14.7. The molecule has 1 aliphatic heterocycles. The minimum atomic E-state index is -3.20. The zero-order chi connectivity index (χ0) is 12.2. The Hall–Kier alpha value is 0.690. The first-order valence-electron chi connectivity index (χ1n) is 5.36. The Bertz CT molecular complexity index is 247. The molecule has 0 amide bonds. The predicted molar refractivity (Wildman–Crippen MR) is 66.3 cm³/mol. The van der Waals surface area contributed by atoms with Crippen LogP contribution in [-0.4, -0.2) is 41.7 Å². The largest absolute Gasteiger partial charge is 0.408 e. The van der Waals surface area contributed by atoms with Crippen molar-refractivity contribution in [1.82, 2.24) is 4.67 Å². The molecule has 1 fully saturated rings. The quantitative estimate of drug-likeness (QED) is 0.576. The van der Waals surface area contributed by atoms with E-state index in [0.717, 1.165) is 6.42 Å². The molecule has 4 nitrogen and oxygen atoms in total. The van der Waals surface area contributed by atoms with Crippen LogP contribution < -0.4 is 0 Å². The highest BCUT2D eigenvalue weighted by Gasteiger charge is 2.40. The number of nitrogens with zero attached hydrogens (tertiary/aromatic N) is 1. The maximum absolute atomic E-state index is 12.5. The van der Waals surface area contributed by atoms with Crippen LogP contribution in [0.3, 0.4) is 0 Å². The summed E-state index contributed by atoms with van der Waals surface area (Å²) in [7, 11) is -3.20. The molecule has 1 aliphatic rings. The fourth-order valence-corrected chi connectivity index (χ4v) is 4.45. The molecule has 1 saturated heterocycles. The highest BCUT2D eigenvalue weighted by molar-refractivity contribution is 7.51. The van der Waals surface area contributed by atoms with E-state index in [1.165, 1.54) is 0 Å². The van der Waals surface area contributed by atoms with Gasteiger partial charge in [-0.2, -0.15) is 0 Å². The third kappa shape index (κ3) is 3.86. The third-order valence-corrected chi connectivity index (χ3v) is 5.01. The number of hydrogen-bond acceptors (Lipinski definition) is 3. The standard InChI is InChI=1S/C9H18Cl2NO3P/c1-8-7-9(2)15-16(13,14-8)12(5-3-10)6-4-11/h8-9H,3-7H2,1-2H3/t8-,9-/m0/s1.